The molecule has 2 aromatic heterocycles. The van der Waals surface area contributed by atoms with Gasteiger partial charge in [0.25, 0.3) is 5.56 Å². The van der Waals surface area contributed by atoms with Crippen LogP contribution < -0.4 is 5.56 Å². The molecule has 1 aliphatic rings. The minimum atomic E-state index is -3.63. The first-order chi connectivity index (χ1) is 15.3. The molecule has 32 heavy (non-hydrogen) atoms. The van der Waals surface area contributed by atoms with Crippen LogP contribution in [0.4, 0.5) is 0 Å². The first-order valence-corrected chi connectivity index (χ1v) is 11.9. The van der Waals surface area contributed by atoms with Gasteiger partial charge < -0.3 is 4.74 Å². The Bertz CT molecular complexity index is 1310. The van der Waals surface area contributed by atoms with Gasteiger partial charge in [-0.05, 0) is 25.1 Å². The van der Waals surface area contributed by atoms with E-state index in [0.717, 1.165) is 0 Å². The van der Waals surface area contributed by atoms with Crippen molar-refractivity contribution in [3.05, 3.63) is 63.2 Å². The van der Waals surface area contributed by atoms with E-state index in [4.69, 9.17) is 16.3 Å². The number of fused-ring (bicyclic) bond motifs is 1. The summed E-state index contributed by atoms with van der Waals surface area (Å²) in [6, 6.07) is 7.60. The molecule has 0 bridgehead atoms. The molecular formula is C20H22ClN5O5S. The van der Waals surface area contributed by atoms with Crippen LogP contribution >= 0.6 is 11.6 Å². The molecule has 0 radical (unpaired) electrons. The molecule has 1 aliphatic heterocycles. The van der Waals surface area contributed by atoms with Crippen LogP contribution in [0.5, 0.6) is 0 Å². The van der Waals surface area contributed by atoms with Crippen LogP contribution in [0, 0.1) is 0 Å². The smallest absolute Gasteiger partial charge is 0.343 e. The van der Waals surface area contributed by atoms with E-state index in [2.05, 4.69) is 10.1 Å². The number of sulfonamides is 1. The molecule has 0 aliphatic carbocycles. The van der Waals surface area contributed by atoms with E-state index in [-0.39, 0.29) is 28.3 Å². The molecule has 0 amide bonds. The van der Waals surface area contributed by atoms with Gasteiger partial charge in [-0.1, -0.05) is 17.7 Å². The molecule has 1 N–H and O–H groups in total. The number of hydrogen-bond acceptors (Lipinski definition) is 7. The average Bonchev–Trinajstić information content (AvgIpc) is 3.19. The fourth-order valence-electron chi connectivity index (χ4n) is 3.60. The van der Waals surface area contributed by atoms with Gasteiger partial charge >= 0.3 is 5.97 Å². The number of nitrogens with zero attached hydrogens (tertiary/aromatic N) is 4. The lowest BCUT2D eigenvalue weighted by molar-refractivity contribution is 0.0528. The fourth-order valence-corrected chi connectivity index (χ4v) is 5.33. The van der Waals surface area contributed by atoms with Gasteiger partial charge in [0.1, 0.15) is 5.56 Å². The first kappa shape index (κ1) is 22.5. The zero-order valence-electron chi connectivity index (χ0n) is 17.3. The number of H-pyrrole nitrogens is 1. The number of ether oxygens (including phenoxy) is 1. The van der Waals surface area contributed by atoms with Crippen LogP contribution in [0.2, 0.25) is 5.02 Å². The van der Waals surface area contributed by atoms with Crippen molar-refractivity contribution in [3.8, 4) is 0 Å². The predicted molar refractivity (Wildman–Crippen MR) is 117 cm³/mol. The van der Waals surface area contributed by atoms with E-state index in [1.165, 1.54) is 33.2 Å². The number of piperazine rings is 1. The summed E-state index contributed by atoms with van der Waals surface area (Å²) in [7, 11) is -3.63. The molecule has 170 valence electrons. The van der Waals surface area contributed by atoms with Gasteiger partial charge in [-0.25, -0.2) is 22.7 Å². The summed E-state index contributed by atoms with van der Waals surface area (Å²) >= 11 is 5.94. The molecule has 1 aromatic carbocycles. The molecule has 3 aromatic rings. The summed E-state index contributed by atoms with van der Waals surface area (Å²) in [4.78, 5) is 31.2. The van der Waals surface area contributed by atoms with Crippen LogP contribution in [-0.2, 0) is 21.3 Å². The number of benzene rings is 1. The number of rotatable bonds is 6. The standard InChI is InChI=1S/C20H22ClN5O5S/c1-2-31-20(28)17-12-22-26-18(27)11-15(23-19(17)26)13-24-6-8-25(9-7-24)32(29,30)16-5-3-4-14(21)10-16/h3-5,10-12,22H,2,6-9,13H2,1H3. The Balaban J connectivity index is 1.48. The third-order valence-corrected chi connectivity index (χ3v) is 7.33. The highest BCUT2D eigenvalue weighted by Gasteiger charge is 2.29. The van der Waals surface area contributed by atoms with Crippen molar-refractivity contribution < 1.29 is 17.9 Å². The minimum absolute atomic E-state index is 0.164. The molecule has 10 nitrogen and oxygen atoms in total. The van der Waals surface area contributed by atoms with Crippen molar-refractivity contribution in [2.75, 3.05) is 32.8 Å². The highest BCUT2D eigenvalue weighted by Crippen LogP contribution is 2.21. The van der Waals surface area contributed by atoms with Crippen molar-refractivity contribution >= 4 is 33.2 Å². The normalized spacial score (nSPS) is 15.8. The quantitative estimate of drug-likeness (QED) is 0.530. The van der Waals surface area contributed by atoms with E-state index in [9.17, 15) is 18.0 Å². The van der Waals surface area contributed by atoms with Gasteiger partial charge in [0.2, 0.25) is 10.0 Å². The maximum Gasteiger partial charge on any atom is 0.343 e. The van der Waals surface area contributed by atoms with E-state index in [0.29, 0.717) is 43.4 Å². The van der Waals surface area contributed by atoms with Gasteiger partial charge in [-0.15, -0.1) is 0 Å². The number of carbonyl (C=O) groups is 1. The maximum atomic E-state index is 12.9. The van der Waals surface area contributed by atoms with Crippen molar-refractivity contribution in [1.82, 2.24) is 23.8 Å². The molecular weight excluding hydrogens is 458 g/mol. The Kier molecular flexibility index (Phi) is 6.33. The third kappa shape index (κ3) is 4.42. The highest BCUT2D eigenvalue weighted by atomic mass is 35.5. The number of esters is 1. The Hall–Kier alpha value is -2.73. The molecule has 1 fully saturated rings. The summed E-state index contributed by atoms with van der Waals surface area (Å²) in [5, 5.41) is 3.08. The topological polar surface area (TPSA) is 117 Å². The molecule has 1 saturated heterocycles. The predicted octanol–water partition coefficient (Wildman–Crippen LogP) is 1.36. The Morgan fingerprint density at radius 2 is 1.97 bits per heavy atom. The van der Waals surface area contributed by atoms with Crippen molar-refractivity contribution in [3.63, 3.8) is 0 Å². The van der Waals surface area contributed by atoms with Crippen LogP contribution in [0.1, 0.15) is 23.0 Å². The number of aromatic amines is 1. The molecule has 12 heteroatoms. The summed E-state index contributed by atoms with van der Waals surface area (Å²) in [5.41, 5.74) is 0.533. The van der Waals surface area contributed by atoms with Crippen LogP contribution in [-0.4, -0.2) is 71.0 Å². The molecule has 0 unspecified atom stereocenters. The molecule has 0 saturated carbocycles. The second kappa shape index (κ2) is 9.02. The molecule has 4 rings (SSSR count). The van der Waals surface area contributed by atoms with E-state index >= 15 is 0 Å². The van der Waals surface area contributed by atoms with E-state index in [1.807, 2.05) is 4.90 Å². The average molecular weight is 480 g/mol. The third-order valence-electron chi connectivity index (χ3n) is 5.20. The largest absolute Gasteiger partial charge is 0.462 e. The van der Waals surface area contributed by atoms with Crippen molar-refractivity contribution in [2.24, 2.45) is 0 Å². The molecule has 0 spiro atoms. The lowest BCUT2D eigenvalue weighted by Gasteiger charge is -2.33. The lowest BCUT2D eigenvalue weighted by Crippen LogP contribution is -2.48. The first-order valence-electron chi connectivity index (χ1n) is 10.0. The summed E-state index contributed by atoms with van der Waals surface area (Å²) in [6.45, 7) is 3.80. The highest BCUT2D eigenvalue weighted by molar-refractivity contribution is 7.89. The minimum Gasteiger partial charge on any atom is -0.462 e. The number of carbonyl (C=O) groups excluding carboxylic acids is 1. The van der Waals surface area contributed by atoms with Crippen molar-refractivity contribution in [1.29, 1.82) is 0 Å². The Morgan fingerprint density at radius 1 is 1.22 bits per heavy atom. The molecule has 0 atom stereocenters. The fraction of sp³-hybridized carbons (Fsp3) is 0.350. The Labute approximate surface area is 189 Å². The number of hydrogen-bond donors (Lipinski definition) is 1. The van der Waals surface area contributed by atoms with Gasteiger partial charge in [0, 0.05) is 50.0 Å². The summed E-state index contributed by atoms with van der Waals surface area (Å²) in [5.74, 6) is -0.560. The maximum absolute atomic E-state index is 12.9. The monoisotopic (exact) mass is 479 g/mol. The van der Waals surface area contributed by atoms with Crippen LogP contribution in [0.25, 0.3) is 5.65 Å². The van der Waals surface area contributed by atoms with Gasteiger partial charge in [0.05, 0.1) is 17.2 Å². The van der Waals surface area contributed by atoms with Gasteiger partial charge in [0.15, 0.2) is 5.65 Å². The van der Waals surface area contributed by atoms with E-state index < -0.39 is 16.0 Å². The zero-order valence-corrected chi connectivity index (χ0v) is 18.9. The molecule has 3 heterocycles. The number of halogens is 1. The summed E-state index contributed by atoms with van der Waals surface area (Å²) in [6.07, 6.45) is 1.39. The number of nitrogens with one attached hydrogen (secondary N) is 1. The van der Waals surface area contributed by atoms with Crippen molar-refractivity contribution in [2.45, 2.75) is 18.4 Å². The SMILES string of the molecule is CCOC(=O)c1c[nH]n2c(=O)cc(CN3CCN(S(=O)(=O)c4cccc(Cl)c4)CC3)nc12. The Morgan fingerprint density at radius 3 is 2.66 bits per heavy atom. The number of aromatic nitrogens is 3. The summed E-state index contributed by atoms with van der Waals surface area (Å²) < 4.78 is 33.4. The van der Waals surface area contributed by atoms with Gasteiger partial charge in [-0.3, -0.25) is 14.8 Å². The van der Waals surface area contributed by atoms with Crippen LogP contribution in [0.15, 0.2) is 46.2 Å². The second-order valence-corrected chi connectivity index (χ2v) is 9.66. The second-order valence-electron chi connectivity index (χ2n) is 7.29. The van der Waals surface area contributed by atoms with Crippen LogP contribution in [0.3, 0.4) is 0 Å². The van der Waals surface area contributed by atoms with E-state index in [1.54, 1.807) is 19.1 Å². The zero-order chi connectivity index (χ0) is 22.9. The van der Waals surface area contributed by atoms with Gasteiger partial charge in [-0.2, -0.15) is 4.31 Å². The lowest BCUT2D eigenvalue weighted by atomic mass is 10.3.